The van der Waals surface area contributed by atoms with Gasteiger partial charge in [-0.15, -0.1) is 6.58 Å². The van der Waals surface area contributed by atoms with Gasteiger partial charge in [-0.1, -0.05) is 11.2 Å². The van der Waals surface area contributed by atoms with Gasteiger partial charge in [-0.3, -0.25) is 4.79 Å². The summed E-state index contributed by atoms with van der Waals surface area (Å²) < 4.78 is 10.4. The maximum atomic E-state index is 12.4. The zero-order valence-electron chi connectivity index (χ0n) is 14.1. The number of hydrogen-bond acceptors (Lipinski definition) is 5. The van der Waals surface area contributed by atoms with Gasteiger partial charge < -0.3 is 14.4 Å². The zero-order valence-corrected chi connectivity index (χ0v) is 14.1. The van der Waals surface area contributed by atoms with E-state index in [1.54, 1.807) is 33.8 Å². The Kier molecular flexibility index (Phi) is 6.04. The Morgan fingerprint density at radius 3 is 2.65 bits per heavy atom. The lowest BCUT2D eigenvalue weighted by Crippen LogP contribution is -2.46. The van der Waals surface area contributed by atoms with Crippen LogP contribution >= 0.6 is 0 Å². The van der Waals surface area contributed by atoms with Crippen LogP contribution in [-0.2, 0) is 14.3 Å². The number of esters is 1. The average Bonchev–Trinajstić information content (AvgIpc) is 2.78. The fraction of sp³-hybridized carbons (Fsp3) is 0.733. The Balaban J connectivity index is 3.12. The molecule has 1 unspecified atom stereocenters. The molecule has 1 fully saturated rings. The van der Waals surface area contributed by atoms with Crippen molar-refractivity contribution in [3.8, 4) is 0 Å². The highest BCUT2D eigenvalue weighted by Crippen LogP contribution is 2.36. The van der Waals surface area contributed by atoms with Gasteiger partial charge in [-0.2, -0.15) is 0 Å². The summed E-state index contributed by atoms with van der Waals surface area (Å²) in [5.74, 6) is -1.03. The molecule has 2 atom stereocenters. The molecule has 1 saturated heterocycles. The van der Waals surface area contributed by atoms with Gasteiger partial charge in [-0.25, -0.2) is 4.79 Å². The van der Waals surface area contributed by atoms with E-state index in [1.165, 1.54) is 4.90 Å². The van der Waals surface area contributed by atoms with Crippen LogP contribution in [0.1, 0.15) is 34.1 Å². The standard InChI is InChI=1S/C15H24N4O4/c1-6-8-11-9-19(13(21)23-14(3,4)5)10-15(11,17-18-16)12(20)22-7-2/h6,11H,1,7-10H2,2-5H3/t11-,15?/m0/s1. The van der Waals surface area contributed by atoms with Crippen molar-refractivity contribution in [1.29, 1.82) is 0 Å². The second-order valence-corrected chi connectivity index (χ2v) is 6.42. The number of amides is 1. The molecule has 128 valence electrons. The van der Waals surface area contributed by atoms with Crippen LogP contribution in [0.2, 0.25) is 0 Å². The third kappa shape index (κ3) is 4.39. The van der Waals surface area contributed by atoms with E-state index in [1.807, 2.05) is 0 Å². The molecule has 0 N–H and O–H groups in total. The highest BCUT2D eigenvalue weighted by atomic mass is 16.6. The van der Waals surface area contributed by atoms with Crippen LogP contribution in [0, 0.1) is 5.92 Å². The quantitative estimate of drug-likeness (QED) is 0.255. The molecule has 1 heterocycles. The number of likely N-dealkylation sites (tertiary alicyclic amines) is 1. The van der Waals surface area contributed by atoms with Crippen LogP contribution in [0.5, 0.6) is 0 Å². The minimum absolute atomic E-state index is 0.0662. The van der Waals surface area contributed by atoms with E-state index in [9.17, 15) is 9.59 Å². The molecule has 0 radical (unpaired) electrons. The Labute approximate surface area is 136 Å². The van der Waals surface area contributed by atoms with E-state index in [4.69, 9.17) is 15.0 Å². The largest absolute Gasteiger partial charge is 0.465 e. The monoisotopic (exact) mass is 324 g/mol. The summed E-state index contributed by atoms with van der Waals surface area (Å²) in [6, 6.07) is 0. The molecule has 1 aliphatic heterocycles. The first-order valence-corrected chi connectivity index (χ1v) is 7.52. The molecule has 0 aromatic rings. The number of azide groups is 1. The molecular formula is C15H24N4O4. The number of rotatable bonds is 5. The number of nitrogens with zero attached hydrogens (tertiary/aromatic N) is 4. The van der Waals surface area contributed by atoms with Gasteiger partial charge in [0.25, 0.3) is 0 Å². The van der Waals surface area contributed by atoms with Crippen molar-refractivity contribution in [2.24, 2.45) is 11.0 Å². The SMILES string of the molecule is C=CC[C@H]1CN(C(=O)OC(C)(C)C)CC1(N=[N+]=[N-])C(=O)OCC. The van der Waals surface area contributed by atoms with Gasteiger partial charge in [0, 0.05) is 23.9 Å². The van der Waals surface area contributed by atoms with Crippen LogP contribution in [0.15, 0.2) is 17.8 Å². The summed E-state index contributed by atoms with van der Waals surface area (Å²) in [5, 5.41) is 3.71. The van der Waals surface area contributed by atoms with Crippen molar-refractivity contribution in [3.05, 3.63) is 23.1 Å². The molecule has 0 bridgehead atoms. The Morgan fingerprint density at radius 2 is 2.17 bits per heavy atom. The van der Waals surface area contributed by atoms with Crippen molar-refractivity contribution in [2.45, 2.75) is 45.3 Å². The molecule has 1 amide bonds. The molecule has 0 saturated carbocycles. The first kappa shape index (κ1) is 18.8. The summed E-state index contributed by atoms with van der Waals surface area (Å²) in [6.45, 7) is 10.9. The molecule has 0 aromatic carbocycles. The van der Waals surface area contributed by atoms with Gasteiger partial charge in [0.05, 0.1) is 6.61 Å². The van der Waals surface area contributed by atoms with E-state index in [2.05, 4.69) is 16.6 Å². The Morgan fingerprint density at radius 1 is 1.52 bits per heavy atom. The normalized spacial score (nSPS) is 23.8. The molecule has 8 heteroatoms. The summed E-state index contributed by atoms with van der Waals surface area (Å²) in [6.07, 6.45) is 1.49. The third-order valence-electron chi connectivity index (χ3n) is 3.50. The number of ether oxygens (including phenoxy) is 2. The van der Waals surface area contributed by atoms with Crippen molar-refractivity contribution in [3.63, 3.8) is 0 Å². The van der Waals surface area contributed by atoms with Crippen LogP contribution in [0.25, 0.3) is 10.4 Å². The fourth-order valence-electron chi connectivity index (χ4n) is 2.56. The van der Waals surface area contributed by atoms with E-state index in [0.29, 0.717) is 6.42 Å². The van der Waals surface area contributed by atoms with Crippen LogP contribution < -0.4 is 0 Å². The topological polar surface area (TPSA) is 105 Å². The molecule has 0 aliphatic carbocycles. The number of carbonyl (C=O) groups excluding carboxylic acids is 2. The molecule has 0 spiro atoms. The summed E-state index contributed by atoms with van der Waals surface area (Å²) in [5.41, 5.74) is 6.79. The zero-order chi connectivity index (χ0) is 17.7. The van der Waals surface area contributed by atoms with Crippen molar-refractivity contribution >= 4 is 12.1 Å². The lowest BCUT2D eigenvalue weighted by molar-refractivity contribution is -0.150. The predicted molar refractivity (Wildman–Crippen MR) is 84.6 cm³/mol. The summed E-state index contributed by atoms with van der Waals surface area (Å²) >= 11 is 0. The molecular weight excluding hydrogens is 300 g/mol. The molecule has 8 nitrogen and oxygen atoms in total. The highest BCUT2D eigenvalue weighted by molar-refractivity contribution is 5.84. The lowest BCUT2D eigenvalue weighted by atomic mass is 9.85. The van der Waals surface area contributed by atoms with Gasteiger partial charge in [0.1, 0.15) is 5.60 Å². The maximum Gasteiger partial charge on any atom is 0.410 e. The van der Waals surface area contributed by atoms with Gasteiger partial charge in [0.15, 0.2) is 5.54 Å². The smallest absolute Gasteiger partial charge is 0.410 e. The number of carbonyl (C=O) groups is 2. The summed E-state index contributed by atoms with van der Waals surface area (Å²) in [4.78, 5) is 28.9. The van der Waals surface area contributed by atoms with Gasteiger partial charge in [-0.05, 0) is 39.6 Å². The predicted octanol–water partition coefficient (Wildman–Crippen LogP) is 3.04. The maximum absolute atomic E-state index is 12.4. The Bertz CT molecular complexity index is 522. The van der Waals surface area contributed by atoms with Gasteiger partial charge in [0.2, 0.25) is 0 Å². The van der Waals surface area contributed by atoms with E-state index >= 15 is 0 Å². The second-order valence-electron chi connectivity index (χ2n) is 6.42. The first-order valence-electron chi connectivity index (χ1n) is 7.52. The molecule has 1 rings (SSSR count). The summed E-state index contributed by atoms with van der Waals surface area (Å²) in [7, 11) is 0. The van der Waals surface area contributed by atoms with Crippen molar-refractivity contribution in [2.75, 3.05) is 19.7 Å². The van der Waals surface area contributed by atoms with E-state index < -0.39 is 29.1 Å². The first-order chi connectivity index (χ1) is 10.7. The lowest BCUT2D eigenvalue weighted by Gasteiger charge is -2.27. The fourth-order valence-corrected chi connectivity index (χ4v) is 2.56. The third-order valence-corrected chi connectivity index (χ3v) is 3.50. The van der Waals surface area contributed by atoms with Crippen LogP contribution in [0.3, 0.4) is 0 Å². The van der Waals surface area contributed by atoms with E-state index in [-0.39, 0.29) is 19.7 Å². The van der Waals surface area contributed by atoms with Crippen molar-refractivity contribution < 1.29 is 19.1 Å². The molecule has 23 heavy (non-hydrogen) atoms. The minimum Gasteiger partial charge on any atom is -0.465 e. The number of allylic oxidation sites excluding steroid dienone is 1. The second kappa shape index (κ2) is 7.37. The minimum atomic E-state index is -1.45. The van der Waals surface area contributed by atoms with Gasteiger partial charge >= 0.3 is 12.1 Å². The van der Waals surface area contributed by atoms with Crippen molar-refractivity contribution in [1.82, 2.24) is 4.90 Å². The molecule has 1 aliphatic rings. The Hall–Kier alpha value is -2.21. The van der Waals surface area contributed by atoms with E-state index in [0.717, 1.165) is 0 Å². The highest BCUT2D eigenvalue weighted by Gasteiger charge is 2.54. The molecule has 0 aromatic heterocycles. The van der Waals surface area contributed by atoms with Crippen LogP contribution in [-0.4, -0.2) is 47.8 Å². The number of hydrogen-bond donors (Lipinski definition) is 0. The average molecular weight is 324 g/mol. The van der Waals surface area contributed by atoms with Crippen LogP contribution in [0.4, 0.5) is 4.79 Å².